The lowest BCUT2D eigenvalue weighted by molar-refractivity contribution is -0.378. The molecule has 0 aliphatic carbocycles. The number of H-pyrrole nitrogens is 1. The first-order chi connectivity index (χ1) is 16.0. The lowest BCUT2D eigenvalue weighted by Crippen LogP contribution is -2.31. The smallest absolute Gasteiger partial charge is 0.291 e. The van der Waals surface area contributed by atoms with Gasteiger partial charge in [-0.2, -0.15) is 0 Å². The van der Waals surface area contributed by atoms with E-state index in [2.05, 4.69) is 4.98 Å². The number of methoxy groups -OCH3 is 2. The van der Waals surface area contributed by atoms with E-state index < -0.39 is 29.4 Å². The number of pyridine rings is 1. The van der Waals surface area contributed by atoms with Crippen molar-refractivity contribution in [2.75, 3.05) is 14.2 Å². The predicted molar refractivity (Wildman–Crippen MR) is 120 cm³/mol. The third kappa shape index (κ3) is 4.09. The number of nitrogens with zero attached hydrogens (tertiary/aromatic N) is 1. The normalized spacial score (nSPS) is 17.8. The Hall–Kier alpha value is -4.00. The molecule has 3 aromatic rings. The molecule has 7 heteroatoms. The molecule has 7 nitrogen and oxygen atoms in total. The summed E-state index contributed by atoms with van der Waals surface area (Å²) in [5.74, 6) is -1.86. The van der Waals surface area contributed by atoms with Gasteiger partial charge in [-0.3, -0.25) is 14.4 Å². The third-order valence-corrected chi connectivity index (χ3v) is 5.97. The topological polar surface area (TPSA) is 87.1 Å². The fourth-order valence-corrected chi connectivity index (χ4v) is 4.35. The number of hydrogen-bond donors (Lipinski definition) is 0. The maximum absolute atomic E-state index is 13.7. The van der Waals surface area contributed by atoms with Crippen LogP contribution in [-0.2, 0) is 16.1 Å². The molecule has 2 atom stereocenters. The van der Waals surface area contributed by atoms with Gasteiger partial charge >= 0.3 is 0 Å². The maximum atomic E-state index is 13.7. The summed E-state index contributed by atoms with van der Waals surface area (Å²) < 4.78 is 10.8. The first kappa shape index (κ1) is 22.2. The van der Waals surface area contributed by atoms with E-state index in [-0.39, 0.29) is 6.54 Å². The Morgan fingerprint density at radius 2 is 1.82 bits per heavy atom. The van der Waals surface area contributed by atoms with Crippen molar-refractivity contribution in [3.63, 3.8) is 0 Å². The van der Waals surface area contributed by atoms with Gasteiger partial charge in [0, 0.05) is 22.8 Å². The van der Waals surface area contributed by atoms with E-state index in [1.54, 1.807) is 62.8 Å². The Morgan fingerprint density at radius 1 is 1.03 bits per heavy atom. The molecule has 0 saturated carbocycles. The van der Waals surface area contributed by atoms with E-state index in [9.17, 15) is 14.4 Å². The second-order valence-corrected chi connectivity index (χ2v) is 7.92. The van der Waals surface area contributed by atoms with Crippen LogP contribution in [0.3, 0.4) is 0 Å². The standard InChI is InChI=1S/C26H24N2O5/c1-16-13-18(32-2)10-11-19(16)24(29)22-23(20-8-4-5-9-21(20)33-3)28(26(31)25(22)30)15-17-7-6-12-27-14-17/h4-14,22-23H,15H2,1-3H3/p+1. The number of hydrogen-bond acceptors (Lipinski definition) is 5. The van der Waals surface area contributed by atoms with Gasteiger partial charge < -0.3 is 14.4 Å². The summed E-state index contributed by atoms with van der Waals surface area (Å²) in [7, 11) is 3.07. The number of rotatable bonds is 7. The number of para-hydroxylation sites is 1. The zero-order chi connectivity index (χ0) is 23.5. The Morgan fingerprint density at radius 3 is 2.48 bits per heavy atom. The summed E-state index contributed by atoms with van der Waals surface area (Å²) in [5, 5.41) is 0. The van der Waals surface area contributed by atoms with Crippen molar-refractivity contribution in [3.8, 4) is 11.5 Å². The number of carbonyl (C=O) groups excluding carboxylic acids is 3. The van der Waals surface area contributed by atoms with Gasteiger partial charge in [0.2, 0.25) is 5.78 Å². The van der Waals surface area contributed by atoms with Crippen molar-refractivity contribution in [3.05, 3.63) is 89.2 Å². The minimum absolute atomic E-state index is 0.177. The fourth-order valence-electron chi connectivity index (χ4n) is 4.35. The number of aromatic nitrogens is 1. The molecule has 1 amide bonds. The Balaban J connectivity index is 1.82. The third-order valence-electron chi connectivity index (χ3n) is 5.97. The molecular weight excluding hydrogens is 420 g/mol. The highest BCUT2D eigenvalue weighted by Crippen LogP contribution is 2.42. The lowest BCUT2D eigenvalue weighted by atomic mass is 9.84. The first-order valence-electron chi connectivity index (χ1n) is 10.6. The van der Waals surface area contributed by atoms with E-state index in [4.69, 9.17) is 9.47 Å². The van der Waals surface area contributed by atoms with E-state index in [1.807, 2.05) is 18.2 Å². The number of likely N-dealkylation sites (tertiary alicyclic amines) is 1. The van der Waals surface area contributed by atoms with Crippen LogP contribution in [0.1, 0.15) is 33.1 Å². The van der Waals surface area contributed by atoms with Gasteiger partial charge in [0.05, 0.1) is 26.8 Å². The number of ether oxygens (including phenoxy) is 2. The van der Waals surface area contributed by atoms with E-state index in [0.717, 1.165) is 5.56 Å². The molecule has 1 aliphatic rings. The van der Waals surface area contributed by atoms with Crippen LogP contribution in [0.5, 0.6) is 11.5 Å². The average molecular weight is 445 g/mol. The van der Waals surface area contributed by atoms with Gasteiger partial charge in [0.15, 0.2) is 18.2 Å². The van der Waals surface area contributed by atoms with Crippen molar-refractivity contribution < 1.29 is 28.8 Å². The zero-order valence-electron chi connectivity index (χ0n) is 18.7. The Kier molecular flexibility index (Phi) is 6.22. The molecule has 1 N–H and O–H groups in total. The predicted octanol–water partition coefficient (Wildman–Crippen LogP) is 2.98. The van der Waals surface area contributed by atoms with Crippen LogP contribution in [0.4, 0.5) is 0 Å². The first-order valence-corrected chi connectivity index (χ1v) is 10.6. The number of ketones is 2. The average Bonchev–Trinajstić information content (AvgIpc) is 3.09. The molecule has 1 aromatic heterocycles. The number of Topliss-reactive ketones (excluding diaryl/α,β-unsaturated/α-hetero) is 2. The molecule has 1 fully saturated rings. The lowest BCUT2D eigenvalue weighted by Gasteiger charge is -2.28. The fraction of sp³-hybridized carbons (Fsp3) is 0.231. The molecule has 0 bridgehead atoms. The van der Waals surface area contributed by atoms with Crippen LogP contribution in [0, 0.1) is 12.8 Å². The van der Waals surface area contributed by atoms with Crippen molar-refractivity contribution in [2.45, 2.75) is 19.5 Å². The Labute approximate surface area is 192 Å². The van der Waals surface area contributed by atoms with Crippen LogP contribution in [0.15, 0.2) is 67.0 Å². The van der Waals surface area contributed by atoms with Gasteiger partial charge in [0.1, 0.15) is 17.4 Å². The summed E-state index contributed by atoms with van der Waals surface area (Å²) in [4.78, 5) is 44.6. The number of aryl methyl sites for hydroxylation is 1. The quantitative estimate of drug-likeness (QED) is 0.317. The molecule has 1 saturated heterocycles. The number of aromatic amines is 1. The Bertz CT molecular complexity index is 1210. The molecule has 2 unspecified atom stereocenters. The molecule has 33 heavy (non-hydrogen) atoms. The van der Waals surface area contributed by atoms with Crippen LogP contribution in [-0.4, -0.2) is 36.6 Å². The van der Waals surface area contributed by atoms with Crippen molar-refractivity contribution in [2.24, 2.45) is 5.92 Å². The second kappa shape index (κ2) is 9.24. The molecule has 0 spiro atoms. The number of nitrogens with one attached hydrogen (secondary N) is 1. The van der Waals surface area contributed by atoms with E-state index >= 15 is 0 Å². The minimum atomic E-state index is -1.19. The highest BCUT2D eigenvalue weighted by atomic mass is 16.5. The SMILES string of the molecule is COc1ccc(C(=O)C2C(=O)C(=O)N(Cc3ccc[nH+]c3)C2c2ccccc2OC)c(C)c1. The monoisotopic (exact) mass is 445 g/mol. The number of amides is 1. The van der Waals surface area contributed by atoms with Crippen molar-refractivity contribution in [1.29, 1.82) is 0 Å². The van der Waals surface area contributed by atoms with Gasteiger partial charge in [-0.25, -0.2) is 4.98 Å². The molecule has 2 aromatic carbocycles. The van der Waals surface area contributed by atoms with E-state index in [1.165, 1.54) is 12.0 Å². The van der Waals surface area contributed by atoms with Crippen molar-refractivity contribution in [1.82, 2.24) is 4.90 Å². The number of benzene rings is 2. The van der Waals surface area contributed by atoms with Gasteiger partial charge in [-0.05, 0) is 42.8 Å². The summed E-state index contributed by atoms with van der Waals surface area (Å²) in [6, 6.07) is 15.1. The molecule has 168 valence electrons. The molecule has 2 heterocycles. The van der Waals surface area contributed by atoms with Crippen molar-refractivity contribution >= 4 is 17.5 Å². The highest BCUT2D eigenvalue weighted by molar-refractivity contribution is 6.44. The van der Waals surface area contributed by atoms with Crippen LogP contribution in [0.25, 0.3) is 0 Å². The molecular formula is C26H25N2O5+. The summed E-state index contributed by atoms with van der Waals surface area (Å²) in [6.07, 6.45) is 3.52. The summed E-state index contributed by atoms with van der Waals surface area (Å²) in [5.41, 5.74) is 2.49. The molecule has 1 aliphatic heterocycles. The van der Waals surface area contributed by atoms with E-state index in [0.29, 0.717) is 28.2 Å². The zero-order valence-corrected chi connectivity index (χ0v) is 18.7. The van der Waals surface area contributed by atoms with Gasteiger partial charge in [-0.1, -0.05) is 18.2 Å². The molecule has 0 radical (unpaired) electrons. The summed E-state index contributed by atoms with van der Waals surface area (Å²) >= 11 is 0. The number of carbonyl (C=O) groups is 3. The minimum Gasteiger partial charge on any atom is -0.497 e. The maximum Gasteiger partial charge on any atom is 0.291 e. The van der Waals surface area contributed by atoms with Gasteiger partial charge in [-0.15, -0.1) is 0 Å². The second-order valence-electron chi connectivity index (χ2n) is 7.92. The summed E-state index contributed by atoms with van der Waals surface area (Å²) in [6.45, 7) is 1.96. The molecule has 4 rings (SSSR count). The highest BCUT2D eigenvalue weighted by Gasteiger charge is 2.52. The largest absolute Gasteiger partial charge is 0.497 e. The van der Waals surface area contributed by atoms with Crippen LogP contribution < -0.4 is 14.5 Å². The van der Waals surface area contributed by atoms with Gasteiger partial charge in [0.25, 0.3) is 5.91 Å². The van der Waals surface area contributed by atoms with Crippen LogP contribution in [0.2, 0.25) is 0 Å². The van der Waals surface area contributed by atoms with Crippen LogP contribution >= 0.6 is 0 Å².